The predicted octanol–water partition coefficient (Wildman–Crippen LogP) is 2.23. The first kappa shape index (κ1) is 18.8. The Kier molecular flexibility index (Phi) is 5.90. The minimum Gasteiger partial charge on any atom is -0.383 e. The quantitative estimate of drug-likeness (QED) is 0.698. The number of hydrogen-bond acceptors (Lipinski definition) is 3. The molecule has 1 rings (SSSR count). The summed E-state index contributed by atoms with van der Waals surface area (Å²) in [4.78, 5) is 13.4. The molecule has 0 aromatic carbocycles. The van der Waals surface area contributed by atoms with E-state index in [0.717, 1.165) is 4.90 Å². The van der Waals surface area contributed by atoms with Crippen LogP contribution in [0.4, 0.5) is 31.1 Å². The van der Waals surface area contributed by atoms with Gasteiger partial charge in [-0.25, -0.2) is 4.79 Å². The van der Waals surface area contributed by atoms with Crippen LogP contribution in [-0.4, -0.2) is 73.9 Å². The van der Waals surface area contributed by atoms with Crippen molar-refractivity contribution in [2.45, 2.75) is 31.6 Å². The van der Waals surface area contributed by atoms with Crippen molar-refractivity contribution in [3.63, 3.8) is 0 Å². The molecule has 0 radical (unpaired) electrons. The zero-order chi connectivity index (χ0) is 17.1. The van der Waals surface area contributed by atoms with E-state index in [-0.39, 0.29) is 26.2 Å². The van der Waals surface area contributed by atoms with Gasteiger partial charge in [0, 0.05) is 26.7 Å². The maximum Gasteiger partial charge on any atom is 0.522 e. The summed E-state index contributed by atoms with van der Waals surface area (Å²) in [5.41, 5.74) is 0. The summed E-state index contributed by atoms with van der Waals surface area (Å²) in [6, 6.07) is -3.66. The number of urea groups is 1. The number of methoxy groups -OCH3 is 1. The molecular weight excluding hydrogens is 322 g/mol. The van der Waals surface area contributed by atoms with Crippen LogP contribution in [0.5, 0.6) is 0 Å². The molecule has 1 fully saturated rings. The van der Waals surface area contributed by atoms with Crippen LogP contribution in [0.2, 0.25) is 0 Å². The summed E-state index contributed by atoms with van der Waals surface area (Å²) < 4.78 is 83.8. The zero-order valence-corrected chi connectivity index (χ0v) is 11.9. The Bertz CT molecular complexity index is 387. The van der Waals surface area contributed by atoms with Crippen LogP contribution in [0.3, 0.4) is 0 Å². The predicted molar refractivity (Wildman–Crippen MR) is 62.0 cm³/mol. The molecule has 1 aliphatic heterocycles. The van der Waals surface area contributed by atoms with Crippen molar-refractivity contribution in [1.82, 2.24) is 9.80 Å². The van der Waals surface area contributed by atoms with Crippen molar-refractivity contribution >= 4 is 6.03 Å². The first-order valence-electron chi connectivity index (χ1n) is 6.33. The van der Waals surface area contributed by atoms with E-state index in [4.69, 9.17) is 4.74 Å². The van der Waals surface area contributed by atoms with Crippen molar-refractivity contribution in [2.75, 3.05) is 33.4 Å². The summed E-state index contributed by atoms with van der Waals surface area (Å²) in [5, 5.41) is 0. The topological polar surface area (TPSA) is 42.0 Å². The van der Waals surface area contributed by atoms with E-state index >= 15 is 0 Å². The molecule has 130 valence electrons. The Morgan fingerprint density at radius 1 is 1.18 bits per heavy atom. The average Bonchev–Trinajstić information content (AvgIpc) is 2.65. The SMILES string of the molecule is COCCN1CCN(C(C(C)OC(F)(F)F)C(F)(F)F)C1=O. The van der Waals surface area contributed by atoms with Crippen LogP contribution in [-0.2, 0) is 9.47 Å². The Hall–Kier alpha value is -1.23. The number of amides is 2. The first-order chi connectivity index (χ1) is 9.97. The van der Waals surface area contributed by atoms with Gasteiger partial charge in [0.15, 0.2) is 6.04 Å². The lowest BCUT2D eigenvalue weighted by Gasteiger charge is -2.33. The number of nitrogens with zero attached hydrogens (tertiary/aromatic N) is 2. The highest BCUT2D eigenvalue weighted by molar-refractivity contribution is 5.77. The smallest absolute Gasteiger partial charge is 0.383 e. The van der Waals surface area contributed by atoms with Crippen LogP contribution in [0.1, 0.15) is 6.92 Å². The molecule has 1 aliphatic rings. The third-order valence-corrected chi connectivity index (χ3v) is 3.13. The van der Waals surface area contributed by atoms with Crippen molar-refractivity contribution in [1.29, 1.82) is 0 Å². The molecule has 2 unspecified atom stereocenters. The Labute approximate surface area is 122 Å². The number of carbonyl (C=O) groups is 1. The first-order valence-corrected chi connectivity index (χ1v) is 6.33. The lowest BCUT2D eigenvalue weighted by molar-refractivity contribution is -0.355. The van der Waals surface area contributed by atoms with E-state index in [1.54, 1.807) is 0 Å². The third-order valence-electron chi connectivity index (χ3n) is 3.13. The second-order valence-electron chi connectivity index (χ2n) is 4.71. The molecule has 0 aliphatic carbocycles. The van der Waals surface area contributed by atoms with Crippen molar-refractivity contribution in [3.8, 4) is 0 Å². The number of carbonyl (C=O) groups excluding carboxylic acids is 1. The minimum absolute atomic E-state index is 0.0203. The highest BCUT2D eigenvalue weighted by atomic mass is 19.4. The average molecular weight is 338 g/mol. The van der Waals surface area contributed by atoms with Gasteiger partial charge in [-0.3, -0.25) is 4.74 Å². The van der Waals surface area contributed by atoms with Gasteiger partial charge in [-0.15, -0.1) is 13.2 Å². The van der Waals surface area contributed by atoms with Gasteiger partial charge in [0.2, 0.25) is 0 Å². The van der Waals surface area contributed by atoms with Gasteiger partial charge in [-0.05, 0) is 6.92 Å². The maximum absolute atomic E-state index is 13.1. The Morgan fingerprint density at radius 2 is 1.77 bits per heavy atom. The lowest BCUT2D eigenvalue weighted by Crippen LogP contribution is -2.55. The summed E-state index contributed by atoms with van der Waals surface area (Å²) in [7, 11) is 1.36. The van der Waals surface area contributed by atoms with Gasteiger partial charge in [0.25, 0.3) is 0 Å². The fourth-order valence-corrected chi connectivity index (χ4v) is 2.24. The van der Waals surface area contributed by atoms with Crippen LogP contribution >= 0.6 is 0 Å². The van der Waals surface area contributed by atoms with Crippen molar-refractivity contribution < 1.29 is 40.6 Å². The third kappa shape index (κ3) is 4.90. The van der Waals surface area contributed by atoms with E-state index in [2.05, 4.69) is 4.74 Å². The molecule has 0 saturated carbocycles. The van der Waals surface area contributed by atoms with E-state index in [9.17, 15) is 31.1 Å². The summed E-state index contributed by atoms with van der Waals surface area (Å²) in [5.74, 6) is 0. The molecular formula is C11H16F6N2O3. The normalized spacial score (nSPS) is 19.7. The van der Waals surface area contributed by atoms with Gasteiger partial charge >= 0.3 is 18.6 Å². The van der Waals surface area contributed by atoms with Crippen LogP contribution < -0.4 is 0 Å². The van der Waals surface area contributed by atoms with Crippen molar-refractivity contribution in [3.05, 3.63) is 0 Å². The molecule has 0 aromatic heterocycles. The zero-order valence-electron chi connectivity index (χ0n) is 11.9. The highest BCUT2D eigenvalue weighted by Crippen LogP contribution is 2.33. The molecule has 1 saturated heterocycles. The van der Waals surface area contributed by atoms with E-state index in [1.165, 1.54) is 7.11 Å². The standard InChI is InChI=1S/C11H16F6N2O3/c1-7(22-11(15,16)17)8(10(12,13)14)19-4-3-18(9(19)20)5-6-21-2/h7-8H,3-6H2,1-2H3. The number of halogens is 6. The largest absolute Gasteiger partial charge is 0.522 e. The molecule has 0 spiro atoms. The Balaban J connectivity index is 2.88. The summed E-state index contributed by atoms with van der Waals surface area (Å²) >= 11 is 0. The molecule has 22 heavy (non-hydrogen) atoms. The summed E-state index contributed by atoms with van der Waals surface area (Å²) in [6.45, 7) is 0.457. The highest BCUT2D eigenvalue weighted by Gasteiger charge is 2.53. The fraction of sp³-hybridized carbons (Fsp3) is 0.909. The molecule has 11 heteroatoms. The van der Waals surface area contributed by atoms with Gasteiger partial charge in [0.1, 0.15) is 0 Å². The van der Waals surface area contributed by atoms with Crippen molar-refractivity contribution in [2.24, 2.45) is 0 Å². The van der Waals surface area contributed by atoms with Gasteiger partial charge in [-0.1, -0.05) is 0 Å². The maximum atomic E-state index is 13.1. The number of ether oxygens (including phenoxy) is 2. The second kappa shape index (κ2) is 6.90. The lowest BCUT2D eigenvalue weighted by atomic mass is 10.1. The molecule has 0 N–H and O–H groups in total. The number of rotatable bonds is 6. The van der Waals surface area contributed by atoms with E-state index < -0.39 is 30.7 Å². The van der Waals surface area contributed by atoms with Gasteiger partial charge in [-0.2, -0.15) is 13.2 Å². The second-order valence-corrected chi connectivity index (χ2v) is 4.71. The molecule has 0 aromatic rings. The number of alkyl halides is 6. The van der Waals surface area contributed by atoms with Crippen LogP contribution in [0.15, 0.2) is 0 Å². The van der Waals surface area contributed by atoms with Crippen LogP contribution in [0, 0.1) is 0 Å². The minimum atomic E-state index is -5.22. The molecule has 1 heterocycles. The fourth-order valence-electron chi connectivity index (χ4n) is 2.24. The molecule has 5 nitrogen and oxygen atoms in total. The van der Waals surface area contributed by atoms with Gasteiger partial charge in [0.05, 0.1) is 12.7 Å². The van der Waals surface area contributed by atoms with E-state index in [0.29, 0.717) is 11.8 Å². The summed E-state index contributed by atoms with van der Waals surface area (Å²) in [6.07, 6.45) is -12.5. The molecule has 2 atom stereocenters. The monoisotopic (exact) mass is 338 g/mol. The Morgan fingerprint density at radius 3 is 2.23 bits per heavy atom. The van der Waals surface area contributed by atoms with E-state index in [1.807, 2.05) is 0 Å². The molecule has 2 amide bonds. The van der Waals surface area contributed by atoms with Gasteiger partial charge < -0.3 is 14.5 Å². The molecule has 0 bridgehead atoms. The van der Waals surface area contributed by atoms with Crippen LogP contribution in [0.25, 0.3) is 0 Å². The number of hydrogen-bond donors (Lipinski definition) is 0.